The van der Waals surface area contributed by atoms with Crippen molar-refractivity contribution < 1.29 is 24.2 Å². The number of benzene rings is 2. The number of amides is 2. The van der Waals surface area contributed by atoms with E-state index in [0.717, 1.165) is 22.3 Å². The number of carboxylic acids is 1. The molecule has 3 rings (SSSR count). The van der Waals surface area contributed by atoms with E-state index in [-0.39, 0.29) is 42.7 Å². The minimum absolute atomic E-state index is 0.0134. The minimum Gasteiger partial charge on any atom is -0.481 e. The molecule has 2 aromatic carbocycles. The van der Waals surface area contributed by atoms with Crippen LogP contribution in [0, 0.1) is 11.3 Å². The smallest absolute Gasteiger partial charge is 0.407 e. The molecule has 3 N–H and O–H groups in total. The Bertz CT molecular complexity index is 1010. The number of rotatable bonds is 10. The van der Waals surface area contributed by atoms with Gasteiger partial charge in [-0.2, -0.15) is 0 Å². The Kier molecular flexibility index (Phi) is 8.54. The molecular formula is C28H36N2O5. The maximum absolute atomic E-state index is 12.9. The highest BCUT2D eigenvalue weighted by atomic mass is 16.5. The lowest BCUT2D eigenvalue weighted by atomic mass is 9.87. The van der Waals surface area contributed by atoms with Gasteiger partial charge in [0.1, 0.15) is 12.6 Å². The fraction of sp³-hybridized carbons (Fsp3) is 0.464. The van der Waals surface area contributed by atoms with Gasteiger partial charge in [-0.25, -0.2) is 4.79 Å². The van der Waals surface area contributed by atoms with Gasteiger partial charge in [0, 0.05) is 18.9 Å². The zero-order valence-corrected chi connectivity index (χ0v) is 21.0. The lowest BCUT2D eigenvalue weighted by Crippen LogP contribution is -2.49. The number of carboxylic acid groups (broad SMARTS) is 1. The Morgan fingerprint density at radius 1 is 1.00 bits per heavy atom. The number of ether oxygens (including phenoxy) is 1. The van der Waals surface area contributed by atoms with Crippen molar-refractivity contribution >= 4 is 18.0 Å². The lowest BCUT2D eigenvalue weighted by Gasteiger charge is -2.27. The molecule has 0 saturated carbocycles. The quantitative estimate of drug-likeness (QED) is 0.446. The largest absolute Gasteiger partial charge is 0.481 e. The van der Waals surface area contributed by atoms with Crippen LogP contribution in [0.25, 0.3) is 11.1 Å². The van der Waals surface area contributed by atoms with Crippen molar-refractivity contribution in [1.82, 2.24) is 10.6 Å². The van der Waals surface area contributed by atoms with Crippen LogP contribution in [0.3, 0.4) is 0 Å². The summed E-state index contributed by atoms with van der Waals surface area (Å²) >= 11 is 0. The number of hydrogen-bond donors (Lipinski definition) is 3. The van der Waals surface area contributed by atoms with Crippen LogP contribution in [-0.2, 0) is 14.3 Å². The molecule has 7 nitrogen and oxygen atoms in total. The standard InChI is InChI=1S/C28H36N2O5/c1-5-18(14-25(31)32)16-29-26(33)24(15-28(2,3)4)30-27(34)35-17-23-21-12-8-6-10-19(21)20-11-7-9-13-22(20)23/h6-13,18,23-24H,5,14-17H2,1-4H3,(H,29,33)(H,30,34)(H,31,32). The van der Waals surface area contributed by atoms with Crippen LogP contribution in [-0.4, -0.2) is 42.3 Å². The molecule has 0 bridgehead atoms. The van der Waals surface area contributed by atoms with Crippen LogP contribution >= 0.6 is 0 Å². The van der Waals surface area contributed by atoms with Crippen molar-refractivity contribution in [1.29, 1.82) is 0 Å². The zero-order chi connectivity index (χ0) is 25.6. The van der Waals surface area contributed by atoms with E-state index in [1.807, 2.05) is 52.0 Å². The molecule has 0 fully saturated rings. The van der Waals surface area contributed by atoms with E-state index < -0.39 is 18.1 Å². The van der Waals surface area contributed by atoms with E-state index in [9.17, 15) is 14.4 Å². The summed E-state index contributed by atoms with van der Waals surface area (Å²) in [4.78, 5) is 36.7. The number of carbonyl (C=O) groups excluding carboxylic acids is 2. The van der Waals surface area contributed by atoms with Crippen LogP contribution in [0.4, 0.5) is 4.79 Å². The Morgan fingerprint density at radius 3 is 2.09 bits per heavy atom. The van der Waals surface area contributed by atoms with Crippen LogP contribution in [0.2, 0.25) is 0 Å². The van der Waals surface area contributed by atoms with E-state index in [2.05, 4.69) is 34.9 Å². The summed E-state index contributed by atoms with van der Waals surface area (Å²) in [6, 6.07) is 15.4. The molecule has 0 saturated heterocycles. The number of hydrogen-bond acceptors (Lipinski definition) is 4. The molecule has 188 valence electrons. The predicted molar refractivity (Wildman–Crippen MR) is 135 cm³/mol. The Morgan fingerprint density at radius 2 is 1.57 bits per heavy atom. The summed E-state index contributed by atoms with van der Waals surface area (Å²) in [5, 5.41) is 14.6. The van der Waals surface area contributed by atoms with Crippen molar-refractivity contribution in [3.63, 3.8) is 0 Å². The van der Waals surface area contributed by atoms with Crippen molar-refractivity contribution in [2.45, 2.75) is 58.9 Å². The van der Waals surface area contributed by atoms with Crippen LogP contribution in [0.1, 0.15) is 64.0 Å². The van der Waals surface area contributed by atoms with E-state index >= 15 is 0 Å². The van der Waals surface area contributed by atoms with E-state index in [1.54, 1.807) is 0 Å². The number of nitrogens with one attached hydrogen (secondary N) is 2. The van der Waals surface area contributed by atoms with Gasteiger partial charge in [-0.15, -0.1) is 0 Å². The van der Waals surface area contributed by atoms with Crippen molar-refractivity contribution in [2.24, 2.45) is 11.3 Å². The third kappa shape index (κ3) is 7.07. The summed E-state index contributed by atoms with van der Waals surface area (Å²) in [5.74, 6) is -1.46. The second kappa shape index (κ2) is 11.4. The zero-order valence-electron chi connectivity index (χ0n) is 21.0. The van der Waals surface area contributed by atoms with Gasteiger partial charge < -0.3 is 20.5 Å². The maximum Gasteiger partial charge on any atom is 0.407 e. The fourth-order valence-corrected chi connectivity index (χ4v) is 4.58. The molecule has 0 aliphatic heterocycles. The van der Waals surface area contributed by atoms with Gasteiger partial charge in [0.2, 0.25) is 5.91 Å². The molecule has 0 radical (unpaired) electrons. The molecule has 1 aliphatic rings. The summed E-state index contributed by atoms with van der Waals surface area (Å²) < 4.78 is 5.63. The van der Waals surface area contributed by atoms with Crippen molar-refractivity contribution in [3.8, 4) is 11.1 Å². The second-order valence-corrected chi connectivity index (χ2v) is 10.4. The number of alkyl carbamates (subject to hydrolysis) is 1. The minimum atomic E-state index is -0.894. The van der Waals surface area contributed by atoms with Gasteiger partial charge in [0.25, 0.3) is 0 Å². The molecule has 2 unspecified atom stereocenters. The van der Waals surface area contributed by atoms with Crippen molar-refractivity contribution in [3.05, 3.63) is 59.7 Å². The molecule has 2 amide bonds. The van der Waals surface area contributed by atoms with E-state index in [0.29, 0.717) is 12.8 Å². The van der Waals surface area contributed by atoms with Gasteiger partial charge in [-0.1, -0.05) is 82.6 Å². The van der Waals surface area contributed by atoms with E-state index in [1.165, 1.54) is 0 Å². The van der Waals surface area contributed by atoms with Crippen LogP contribution in [0.15, 0.2) is 48.5 Å². The Labute approximate surface area is 207 Å². The highest BCUT2D eigenvalue weighted by Crippen LogP contribution is 2.44. The van der Waals surface area contributed by atoms with Gasteiger partial charge in [-0.3, -0.25) is 9.59 Å². The highest BCUT2D eigenvalue weighted by molar-refractivity contribution is 5.86. The first-order chi connectivity index (χ1) is 16.6. The average molecular weight is 481 g/mol. The Hall–Kier alpha value is -3.35. The molecule has 2 atom stereocenters. The average Bonchev–Trinajstić information content (AvgIpc) is 3.12. The fourth-order valence-electron chi connectivity index (χ4n) is 4.58. The first kappa shape index (κ1) is 26.3. The molecular weight excluding hydrogens is 444 g/mol. The molecule has 1 aliphatic carbocycles. The van der Waals surface area contributed by atoms with Gasteiger partial charge >= 0.3 is 12.1 Å². The van der Waals surface area contributed by atoms with Crippen molar-refractivity contribution in [2.75, 3.05) is 13.2 Å². The predicted octanol–water partition coefficient (Wildman–Crippen LogP) is 4.95. The SMILES string of the molecule is CCC(CNC(=O)C(CC(C)(C)C)NC(=O)OCC1c2ccccc2-c2ccccc21)CC(=O)O. The Balaban J connectivity index is 1.64. The molecule has 35 heavy (non-hydrogen) atoms. The normalized spacial score (nSPS) is 14.4. The molecule has 7 heteroatoms. The van der Waals surface area contributed by atoms with E-state index in [4.69, 9.17) is 9.84 Å². The van der Waals surface area contributed by atoms with Crippen LogP contribution < -0.4 is 10.6 Å². The third-order valence-electron chi connectivity index (χ3n) is 6.37. The molecule has 2 aromatic rings. The number of fused-ring (bicyclic) bond motifs is 3. The first-order valence-electron chi connectivity index (χ1n) is 12.2. The summed E-state index contributed by atoms with van der Waals surface area (Å²) in [7, 11) is 0. The number of carbonyl (C=O) groups is 3. The second-order valence-electron chi connectivity index (χ2n) is 10.4. The van der Waals surface area contributed by atoms with Gasteiger partial charge in [0.15, 0.2) is 0 Å². The first-order valence-corrected chi connectivity index (χ1v) is 12.2. The molecule has 0 spiro atoms. The van der Waals surface area contributed by atoms with Crippen LogP contribution in [0.5, 0.6) is 0 Å². The monoisotopic (exact) mass is 480 g/mol. The molecule has 0 aromatic heterocycles. The summed E-state index contributed by atoms with van der Waals surface area (Å²) in [6.07, 6.45) is 0.393. The van der Waals surface area contributed by atoms with Gasteiger partial charge in [0.05, 0.1) is 0 Å². The third-order valence-corrected chi connectivity index (χ3v) is 6.37. The summed E-state index contributed by atoms with van der Waals surface area (Å²) in [6.45, 7) is 8.28. The maximum atomic E-state index is 12.9. The number of aliphatic carboxylic acids is 1. The lowest BCUT2D eigenvalue weighted by molar-refractivity contribution is -0.138. The summed E-state index contributed by atoms with van der Waals surface area (Å²) in [5.41, 5.74) is 4.32. The van der Waals surface area contributed by atoms with Gasteiger partial charge in [-0.05, 0) is 40.0 Å². The molecule has 0 heterocycles. The highest BCUT2D eigenvalue weighted by Gasteiger charge is 2.31. The topological polar surface area (TPSA) is 105 Å².